The van der Waals surface area contributed by atoms with E-state index in [0.717, 1.165) is 45.1 Å². The summed E-state index contributed by atoms with van der Waals surface area (Å²) in [5.74, 6) is 1.31. The fourth-order valence-electron chi connectivity index (χ4n) is 4.54. The number of carbonyl (C=O) groups excluding carboxylic acids is 1. The molecule has 3 saturated heterocycles. The third-order valence-electron chi connectivity index (χ3n) is 6.78. The van der Waals surface area contributed by atoms with E-state index in [1.807, 2.05) is 18.2 Å². The Bertz CT molecular complexity index is 1140. The SMILES string of the molecule is CS(=O)(=O)N1CCN(C(=O)c2ccc(Nc3ccnc(N4CCN(C5COC5)CC4)n3)cc2)CC1. The molecule has 0 spiro atoms. The first-order valence-electron chi connectivity index (χ1n) is 11.9. The molecular weight excluding hydrogens is 470 g/mol. The van der Waals surface area contributed by atoms with Crippen LogP contribution in [0.4, 0.5) is 17.5 Å². The minimum atomic E-state index is -3.22. The molecule has 2 aromatic rings. The second-order valence-electron chi connectivity index (χ2n) is 9.11. The lowest BCUT2D eigenvalue weighted by Crippen LogP contribution is -2.56. The summed E-state index contributed by atoms with van der Waals surface area (Å²) in [4.78, 5) is 28.3. The molecule has 4 heterocycles. The Balaban J connectivity index is 1.16. The number of amides is 1. The average molecular weight is 502 g/mol. The molecule has 5 rings (SSSR count). The van der Waals surface area contributed by atoms with Crippen LogP contribution in [0.3, 0.4) is 0 Å². The standard InChI is InChI=1S/C23H31N7O4S/c1-35(32,33)30-14-12-28(13-15-30)22(31)18-2-4-19(5-3-18)25-21-6-7-24-23(26-21)29-10-8-27(9-11-29)20-16-34-17-20/h2-7,20H,8-17H2,1H3,(H,24,25,26). The van der Waals surface area contributed by atoms with Gasteiger partial charge in [-0.05, 0) is 30.3 Å². The monoisotopic (exact) mass is 501 g/mol. The molecule has 12 heteroatoms. The number of piperazine rings is 2. The molecule has 0 unspecified atom stereocenters. The molecule has 1 N–H and O–H groups in total. The Morgan fingerprint density at radius 1 is 0.971 bits per heavy atom. The molecule has 11 nitrogen and oxygen atoms in total. The van der Waals surface area contributed by atoms with Gasteiger partial charge in [0.05, 0.1) is 25.5 Å². The third kappa shape index (κ3) is 5.56. The van der Waals surface area contributed by atoms with Crippen LogP contribution in [-0.2, 0) is 14.8 Å². The lowest BCUT2D eigenvalue weighted by molar-refractivity contribution is -0.0661. The van der Waals surface area contributed by atoms with Gasteiger partial charge in [-0.3, -0.25) is 9.69 Å². The molecule has 0 aliphatic carbocycles. The predicted molar refractivity (Wildman–Crippen MR) is 132 cm³/mol. The van der Waals surface area contributed by atoms with E-state index >= 15 is 0 Å². The molecule has 1 amide bonds. The zero-order valence-electron chi connectivity index (χ0n) is 19.8. The maximum atomic E-state index is 12.8. The summed E-state index contributed by atoms with van der Waals surface area (Å²) in [6, 6.07) is 9.63. The number of nitrogens with one attached hydrogen (secondary N) is 1. The van der Waals surface area contributed by atoms with Crippen molar-refractivity contribution in [3.05, 3.63) is 42.1 Å². The molecule has 0 bridgehead atoms. The van der Waals surface area contributed by atoms with Crippen LogP contribution in [0, 0.1) is 0 Å². The van der Waals surface area contributed by atoms with Crippen LogP contribution in [0.1, 0.15) is 10.4 Å². The molecule has 35 heavy (non-hydrogen) atoms. The molecule has 3 aliphatic heterocycles. The summed E-state index contributed by atoms with van der Waals surface area (Å²) in [7, 11) is -3.22. The van der Waals surface area contributed by atoms with Crippen LogP contribution < -0.4 is 10.2 Å². The topological polar surface area (TPSA) is 111 Å². The van der Waals surface area contributed by atoms with E-state index in [1.54, 1.807) is 23.2 Å². The number of hydrogen-bond donors (Lipinski definition) is 1. The van der Waals surface area contributed by atoms with Crippen molar-refractivity contribution in [3.8, 4) is 0 Å². The van der Waals surface area contributed by atoms with E-state index in [1.165, 1.54) is 10.6 Å². The maximum Gasteiger partial charge on any atom is 0.253 e. The highest BCUT2D eigenvalue weighted by Gasteiger charge is 2.30. The Kier molecular flexibility index (Phi) is 6.87. The van der Waals surface area contributed by atoms with E-state index in [-0.39, 0.29) is 5.91 Å². The van der Waals surface area contributed by atoms with E-state index < -0.39 is 10.0 Å². The Morgan fingerprint density at radius 3 is 2.26 bits per heavy atom. The smallest absolute Gasteiger partial charge is 0.253 e. The Morgan fingerprint density at radius 2 is 1.66 bits per heavy atom. The van der Waals surface area contributed by atoms with E-state index in [4.69, 9.17) is 4.74 Å². The van der Waals surface area contributed by atoms with Crippen molar-refractivity contribution in [1.29, 1.82) is 0 Å². The number of sulfonamides is 1. The van der Waals surface area contributed by atoms with Crippen molar-refractivity contribution < 1.29 is 17.9 Å². The highest BCUT2D eigenvalue weighted by molar-refractivity contribution is 7.88. The molecule has 3 aliphatic rings. The van der Waals surface area contributed by atoms with E-state index in [2.05, 4.69) is 25.1 Å². The number of benzene rings is 1. The fourth-order valence-corrected chi connectivity index (χ4v) is 5.37. The summed E-state index contributed by atoms with van der Waals surface area (Å²) in [6.45, 7) is 6.82. The number of hydrogen-bond acceptors (Lipinski definition) is 9. The molecule has 0 radical (unpaired) electrons. The number of ether oxygens (including phenoxy) is 1. The summed E-state index contributed by atoms with van der Waals surface area (Å²) in [6.07, 6.45) is 2.95. The summed E-state index contributed by atoms with van der Waals surface area (Å²) < 4.78 is 30.1. The average Bonchev–Trinajstić information content (AvgIpc) is 2.83. The first-order chi connectivity index (χ1) is 16.9. The van der Waals surface area contributed by atoms with Gasteiger partial charge in [0.25, 0.3) is 5.91 Å². The fraction of sp³-hybridized carbons (Fsp3) is 0.522. The lowest BCUT2D eigenvalue weighted by Gasteiger charge is -2.42. The van der Waals surface area contributed by atoms with Gasteiger partial charge < -0.3 is 19.9 Å². The maximum absolute atomic E-state index is 12.8. The quantitative estimate of drug-likeness (QED) is 0.603. The van der Waals surface area contributed by atoms with Gasteiger partial charge in [-0.25, -0.2) is 13.4 Å². The number of carbonyl (C=O) groups is 1. The van der Waals surface area contributed by atoms with Crippen LogP contribution in [0.15, 0.2) is 36.5 Å². The summed E-state index contributed by atoms with van der Waals surface area (Å²) >= 11 is 0. The van der Waals surface area contributed by atoms with Gasteiger partial charge >= 0.3 is 0 Å². The van der Waals surface area contributed by atoms with Crippen molar-refractivity contribution in [1.82, 2.24) is 24.1 Å². The Hall–Kier alpha value is -2.80. The third-order valence-corrected chi connectivity index (χ3v) is 8.08. The van der Waals surface area contributed by atoms with E-state index in [9.17, 15) is 13.2 Å². The van der Waals surface area contributed by atoms with Gasteiger partial charge in [-0.15, -0.1) is 0 Å². The van der Waals surface area contributed by atoms with Crippen LogP contribution >= 0.6 is 0 Å². The number of nitrogens with zero attached hydrogens (tertiary/aromatic N) is 6. The molecular formula is C23H31N7O4S. The van der Waals surface area contributed by atoms with Crippen LogP contribution in [0.2, 0.25) is 0 Å². The zero-order valence-corrected chi connectivity index (χ0v) is 20.7. The van der Waals surface area contributed by atoms with Crippen molar-refractivity contribution in [2.24, 2.45) is 0 Å². The zero-order chi connectivity index (χ0) is 24.4. The van der Waals surface area contributed by atoms with Crippen molar-refractivity contribution in [3.63, 3.8) is 0 Å². The largest absolute Gasteiger partial charge is 0.378 e. The van der Waals surface area contributed by atoms with Crippen LogP contribution in [0.5, 0.6) is 0 Å². The predicted octanol–water partition coefficient (Wildman–Crippen LogP) is 0.458. The first kappa shape index (κ1) is 23.9. The molecule has 0 saturated carbocycles. The minimum Gasteiger partial charge on any atom is -0.378 e. The summed E-state index contributed by atoms with van der Waals surface area (Å²) in [5.41, 5.74) is 1.39. The lowest BCUT2D eigenvalue weighted by atomic mass is 10.1. The Labute approximate surface area is 205 Å². The summed E-state index contributed by atoms with van der Waals surface area (Å²) in [5, 5.41) is 3.29. The van der Waals surface area contributed by atoms with Crippen LogP contribution in [0.25, 0.3) is 0 Å². The van der Waals surface area contributed by atoms with Gasteiger partial charge in [0.1, 0.15) is 5.82 Å². The molecule has 1 aromatic heterocycles. The molecule has 1 aromatic carbocycles. The van der Waals surface area contributed by atoms with Gasteiger partial charge in [0.2, 0.25) is 16.0 Å². The van der Waals surface area contributed by atoms with Gasteiger partial charge in [-0.1, -0.05) is 0 Å². The van der Waals surface area contributed by atoms with Gasteiger partial charge in [-0.2, -0.15) is 9.29 Å². The number of rotatable bonds is 6. The highest BCUT2D eigenvalue weighted by atomic mass is 32.2. The molecule has 0 atom stereocenters. The van der Waals surface area contributed by atoms with Crippen molar-refractivity contribution >= 4 is 33.4 Å². The van der Waals surface area contributed by atoms with Crippen LogP contribution in [-0.4, -0.2) is 116 Å². The second kappa shape index (κ2) is 10.1. The van der Waals surface area contributed by atoms with Crippen molar-refractivity contribution in [2.75, 3.05) is 82.0 Å². The minimum absolute atomic E-state index is 0.0957. The highest BCUT2D eigenvalue weighted by Crippen LogP contribution is 2.20. The normalized spacial score (nSPS) is 20.5. The number of aromatic nitrogens is 2. The second-order valence-corrected chi connectivity index (χ2v) is 11.1. The molecule has 188 valence electrons. The molecule has 3 fully saturated rings. The van der Waals surface area contributed by atoms with Crippen molar-refractivity contribution in [2.45, 2.75) is 6.04 Å². The van der Waals surface area contributed by atoms with Gasteiger partial charge in [0.15, 0.2) is 0 Å². The van der Waals surface area contributed by atoms with Gasteiger partial charge in [0, 0.05) is 69.8 Å². The van der Waals surface area contributed by atoms with E-state index in [0.29, 0.717) is 49.6 Å². The first-order valence-corrected chi connectivity index (χ1v) is 13.7. The number of anilines is 3.